The van der Waals surface area contributed by atoms with E-state index in [1.54, 1.807) is 12.4 Å². The highest BCUT2D eigenvalue weighted by Gasteiger charge is 1.95. The number of amides is 1. The van der Waals surface area contributed by atoms with E-state index in [2.05, 4.69) is 10.3 Å². The molecule has 1 amide bonds. The number of hydrogen-bond donors (Lipinski definition) is 2. The average molecular weight is 169 g/mol. The monoisotopic (exact) mass is 169 g/mol. The molecule has 0 aliphatic rings. The zero-order valence-corrected chi connectivity index (χ0v) is 6.83. The molecule has 5 heteroatoms. The summed E-state index contributed by atoms with van der Waals surface area (Å²) in [7, 11) is 0. The van der Waals surface area contributed by atoms with Crippen molar-refractivity contribution in [1.29, 1.82) is 0 Å². The fraction of sp³-hybridized carbons (Fsp3) is 0.429. The van der Waals surface area contributed by atoms with Gasteiger partial charge in [-0.05, 0) is 0 Å². The van der Waals surface area contributed by atoms with Crippen LogP contribution in [-0.4, -0.2) is 22.0 Å². The first-order valence-corrected chi connectivity index (χ1v) is 3.68. The molecule has 1 aromatic rings. The van der Waals surface area contributed by atoms with Crippen LogP contribution in [0.15, 0.2) is 17.2 Å². The lowest BCUT2D eigenvalue weighted by Gasteiger charge is -2.00. The predicted octanol–water partition coefficient (Wildman–Crippen LogP) is -0.688. The Morgan fingerprint density at radius 3 is 3.00 bits per heavy atom. The van der Waals surface area contributed by atoms with Crippen molar-refractivity contribution in [3.63, 3.8) is 0 Å². The van der Waals surface area contributed by atoms with Gasteiger partial charge in [0.05, 0.1) is 0 Å². The van der Waals surface area contributed by atoms with Gasteiger partial charge in [-0.25, -0.2) is 4.79 Å². The summed E-state index contributed by atoms with van der Waals surface area (Å²) in [6.07, 6.45) is 3.21. The minimum atomic E-state index is -0.152. The van der Waals surface area contributed by atoms with Gasteiger partial charge >= 0.3 is 5.69 Å². The van der Waals surface area contributed by atoms with E-state index in [-0.39, 0.29) is 11.6 Å². The van der Waals surface area contributed by atoms with E-state index >= 15 is 0 Å². The van der Waals surface area contributed by atoms with E-state index in [0.29, 0.717) is 13.1 Å². The fourth-order valence-corrected chi connectivity index (χ4v) is 0.878. The average Bonchev–Trinajstić information content (AvgIpc) is 2.36. The molecule has 66 valence electrons. The van der Waals surface area contributed by atoms with Crippen molar-refractivity contribution in [2.24, 2.45) is 0 Å². The molecule has 0 unspecified atom stereocenters. The summed E-state index contributed by atoms with van der Waals surface area (Å²) in [5, 5.41) is 2.60. The van der Waals surface area contributed by atoms with Crippen LogP contribution in [0.4, 0.5) is 0 Å². The van der Waals surface area contributed by atoms with Gasteiger partial charge in [0.1, 0.15) is 0 Å². The quantitative estimate of drug-likeness (QED) is 0.629. The summed E-state index contributed by atoms with van der Waals surface area (Å²) in [6, 6.07) is 0. The molecule has 0 aromatic carbocycles. The van der Waals surface area contributed by atoms with Gasteiger partial charge in [-0.2, -0.15) is 0 Å². The van der Waals surface area contributed by atoms with Crippen LogP contribution in [0.2, 0.25) is 0 Å². The van der Waals surface area contributed by atoms with Crippen LogP contribution >= 0.6 is 0 Å². The van der Waals surface area contributed by atoms with Gasteiger partial charge in [-0.15, -0.1) is 0 Å². The van der Waals surface area contributed by atoms with Crippen LogP contribution in [0.3, 0.4) is 0 Å². The molecular formula is C7H11N3O2. The van der Waals surface area contributed by atoms with Crippen molar-refractivity contribution in [3.8, 4) is 0 Å². The van der Waals surface area contributed by atoms with Crippen molar-refractivity contribution < 1.29 is 4.79 Å². The van der Waals surface area contributed by atoms with E-state index in [0.717, 1.165) is 0 Å². The number of nitrogens with one attached hydrogen (secondary N) is 2. The molecule has 0 saturated carbocycles. The number of aromatic amines is 1. The van der Waals surface area contributed by atoms with E-state index < -0.39 is 0 Å². The molecule has 0 radical (unpaired) electrons. The third-order valence-electron chi connectivity index (χ3n) is 1.45. The fourth-order valence-electron chi connectivity index (χ4n) is 0.878. The topological polar surface area (TPSA) is 66.9 Å². The molecule has 0 fully saturated rings. The number of carbonyl (C=O) groups is 1. The SMILES string of the molecule is CC(=O)NCCn1cc[nH]c1=O. The Balaban J connectivity index is 2.39. The van der Waals surface area contributed by atoms with Crippen LogP contribution in [0.1, 0.15) is 6.92 Å². The Bertz CT molecular complexity index is 312. The zero-order chi connectivity index (χ0) is 8.97. The van der Waals surface area contributed by atoms with Crippen molar-refractivity contribution in [1.82, 2.24) is 14.9 Å². The lowest BCUT2D eigenvalue weighted by Crippen LogP contribution is -2.27. The van der Waals surface area contributed by atoms with Crippen LogP contribution in [0.25, 0.3) is 0 Å². The maximum Gasteiger partial charge on any atom is 0.325 e. The van der Waals surface area contributed by atoms with E-state index in [1.165, 1.54) is 11.5 Å². The number of aromatic nitrogens is 2. The smallest absolute Gasteiger partial charge is 0.325 e. The summed E-state index contributed by atoms with van der Waals surface area (Å²) in [5.41, 5.74) is -0.152. The number of hydrogen-bond acceptors (Lipinski definition) is 2. The normalized spacial score (nSPS) is 9.75. The summed E-state index contributed by atoms with van der Waals surface area (Å²) in [5.74, 6) is -0.0846. The molecule has 0 bridgehead atoms. The maximum atomic E-state index is 10.9. The van der Waals surface area contributed by atoms with Crippen molar-refractivity contribution in [2.45, 2.75) is 13.5 Å². The lowest BCUT2D eigenvalue weighted by atomic mass is 10.5. The van der Waals surface area contributed by atoms with Crippen LogP contribution in [0.5, 0.6) is 0 Å². The Morgan fingerprint density at radius 2 is 2.50 bits per heavy atom. The number of imidazole rings is 1. The highest BCUT2D eigenvalue weighted by molar-refractivity contribution is 5.72. The van der Waals surface area contributed by atoms with Gasteiger partial charge in [0.25, 0.3) is 0 Å². The number of nitrogens with zero attached hydrogens (tertiary/aromatic N) is 1. The Hall–Kier alpha value is -1.52. The van der Waals surface area contributed by atoms with Gasteiger partial charge in [-0.3, -0.25) is 9.36 Å². The Kier molecular flexibility index (Phi) is 2.68. The first-order chi connectivity index (χ1) is 5.70. The molecule has 0 atom stereocenters. The van der Waals surface area contributed by atoms with Crippen molar-refractivity contribution >= 4 is 5.91 Å². The standard InChI is InChI=1S/C7H11N3O2/c1-6(11)8-2-4-10-5-3-9-7(10)12/h3,5H,2,4H2,1H3,(H,8,11)(H,9,12). The van der Waals surface area contributed by atoms with Gasteiger partial charge in [0.15, 0.2) is 0 Å². The molecule has 1 heterocycles. The first-order valence-electron chi connectivity index (χ1n) is 3.68. The molecule has 12 heavy (non-hydrogen) atoms. The van der Waals surface area contributed by atoms with Gasteiger partial charge in [0.2, 0.25) is 5.91 Å². The third-order valence-corrected chi connectivity index (χ3v) is 1.45. The number of rotatable bonds is 3. The summed E-state index contributed by atoms with van der Waals surface area (Å²) in [6.45, 7) is 2.43. The molecule has 1 rings (SSSR count). The van der Waals surface area contributed by atoms with Crippen LogP contribution in [-0.2, 0) is 11.3 Å². The largest absolute Gasteiger partial charge is 0.355 e. The number of carbonyl (C=O) groups excluding carboxylic acids is 1. The molecule has 0 aliphatic carbocycles. The second-order valence-electron chi connectivity index (χ2n) is 2.44. The molecule has 5 nitrogen and oxygen atoms in total. The highest BCUT2D eigenvalue weighted by Crippen LogP contribution is 1.76. The summed E-state index contributed by atoms with van der Waals surface area (Å²) in [4.78, 5) is 23.8. The van der Waals surface area contributed by atoms with Crippen molar-refractivity contribution in [2.75, 3.05) is 6.54 Å². The minimum absolute atomic E-state index is 0.0846. The van der Waals surface area contributed by atoms with Crippen LogP contribution in [0, 0.1) is 0 Å². The van der Waals surface area contributed by atoms with Crippen LogP contribution < -0.4 is 11.0 Å². The maximum absolute atomic E-state index is 10.9. The predicted molar refractivity (Wildman–Crippen MR) is 43.7 cm³/mol. The number of H-pyrrole nitrogens is 1. The van der Waals surface area contributed by atoms with Gasteiger partial charge in [0, 0.05) is 32.4 Å². The molecule has 0 spiro atoms. The first kappa shape index (κ1) is 8.58. The highest BCUT2D eigenvalue weighted by atomic mass is 16.2. The Morgan fingerprint density at radius 1 is 1.75 bits per heavy atom. The lowest BCUT2D eigenvalue weighted by molar-refractivity contribution is -0.118. The van der Waals surface area contributed by atoms with Gasteiger partial charge < -0.3 is 10.3 Å². The molecule has 2 N–H and O–H groups in total. The zero-order valence-electron chi connectivity index (χ0n) is 6.83. The third kappa shape index (κ3) is 2.26. The molecular weight excluding hydrogens is 158 g/mol. The van der Waals surface area contributed by atoms with E-state index in [1.807, 2.05) is 0 Å². The van der Waals surface area contributed by atoms with Crippen molar-refractivity contribution in [3.05, 3.63) is 22.9 Å². The molecule has 1 aromatic heterocycles. The van der Waals surface area contributed by atoms with E-state index in [4.69, 9.17) is 0 Å². The molecule has 0 aliphatic heterocycles. The second kappa shape index (κ2) is 3.75. The van der Waals surface area contributed by atoms with Gasteiger partial charge in [-0.1, -0.05) is 0 Å². The van der Waals surface area contributed by atoms with E-state index in [9.17, 15) is 9.59 Å². The Labute approximate surface area is 69.4 Å². The summed E-state index contributed by atoms with van der Waals surface area (Å²) < 4.78 is 1.50. The molecule has 0 saturated heterocycles. The summed E-state index contributed by atoms with van der Waals surface area (Å²) >= 11 is 0. The second-order valence-corrected chi connectivity index (χ2v) is 2.44. The minimum Gasteiger partial charge on any atom is -0.355 e.